The van der Waals surface area contributed by atoms with Gasteiger partial charge in [0.1, 0.15) is 0 Å². The van der Waals surface area contributed by atoms with Crippen LogP contribution in [0.15, 0.2) is 0 Å². The van der Waals surface area contributed by atoms with E-state index in [-0.39, 0.29) is 23.0 Å². The van der Waals surface area contributed by atoms with Gasteiger partial charge < -0.3 is 9.84 Å². The summed E-state index contributed by atoms with van der Waals surface area (Å²) < 4.78 is 5.42. The predicted octanol–water partition coefficient (Wildman–Crippen LogP) is 1.82. The Morgan fingerprint density at radius 3 is 1.83 bits per heavy atom. The van der Waals surface area contributed by atoms with Crippen molar-refractivity contribution < 1.29 is 9.84 Å². The van der Waals surface area contributed by atoms with E-state index in [1.54, 1.807) is 7.11 Å². The maximum absolute atomic E-state index is 9.28. The lowest BCUT2D eigenvalue weighted by atomic mass is 9.44. The molecule has 1 rings (SSSR count). The lowest BCUT2D eigenvalue weighted by molar-refractivity contribution is -0.265. The molecule has 0 aromatic carbocycles. The highest BCUT2D eigenvalue weighted by atomic mass is 16.5. The summed E-state index contributed by atoms with van der Waals surface area (Å²) in [4.78, 5) is 0. The minimum Gasteiger partial charge on any atom is -0.393 e. The van der Waals surface area contributed by atoms with E-state index in [1.165, 1.54) is 0 Å². The summed E-state index contributed by atoms with van der Waals surface area (Å²) >= 11 is 0. The summed E-state index contributed by atoms with van der Waals surface area (Å²) in [5, 5.41) is 9.28. The van der Waals surface area contributed by atoms with Gasteiger partial charge in [0.05, 0.1) is 12.2 Å². The minimum absolute atomic E-state index is 0.0590. The monoisotopic (exact) mass is 172 g/mol. The molecule has 2 heteroatoms. The SMILES string of the molecule is COC1(CO)CC(C)(C)C1(C)C. The predicted molar refractivity (Wildman–Crippen MR) is 49.0 cm³/mol. The molecule has 1 atom stereocenters. The molecule has 0 aromatic heterocycles. The molecule has 1 aliphatic rings. The number of rotatable bonds is 2. The number of aliphatic hydroxyl groups is 1. The molecule has 72 valence electrons. The summed E-state index contributed by atoms with van der Waals surface area (Å²) in [6.45, 7) is 8.90. The van der Waals surface area contributed by atoms with Crippen LogP contribution in [0.4, 0.5) is 0 Å². The zero-order valence-electron chi connectivity index (χ0n) is 8.77. The quantitative estimate of drug-likeness (QED) is 0.688. The topological polar surface area (TPSA) is 29.5 Å². The maximum atomic E-state index is 9.28. The minimum atomic E-state index is -0.309. The largest absolute Gasteiger partial charge is 0.393 e. The number of hydrogen-bond acceptors (Lipinski definition) is 2. The van der Waals surface area contributed by atoms with Gasteiger partial charge in [-0.15, -0.1) is 0 Å². The Hall–Kier alpha value is -0.0800. The maximum Gasteiger partial charge on any atom is 0.0969 e. The molecular formula is C10H20O2. The van der Waals surface area contributed by atoms with Gasteiger partial charge in [0, 0.05) is 12.5 Å². The average Bonchev–Trinajstić information content (AvgIpc) is 1.99. The fraction of sp³-hybridized carbons (Fsp3) is 1.00. The second-order valence-corrected chi connectivity index (χ2v) is 5.04. The second kappa shape index (κ2) is 2.46. The van der Waals surface area contributed by atoms with Crippen LogP contribution in [0.1, 0.15) is 34.1 Å². The number of hydrogen-bond donors (Lipinski definition) is 1. The first-order valence-electron chi connectivity index (χ1n) is 4.49. The van der Waals surface area contributed by atoms with E-state index in [0.29, 0.717) is 0 Å². The van der Waals surface area contributed by atoms with Crippen molar-refractivity contribution in [3.05, 3.63) is 0 Å². The molecule has 2 nitrogen and oxygen atoms in total. The van der Waals surface area contributed by atoms with Crippen LogP contribution < -0.4 is 0 Å². The van der Waals surface area contributed by atoms with Gasteiger partial charge in [-0.3, -0.25) is 0 Å². The zero-order chi connectivity index (χ0) is 9.62. The fourth-order valence-corrected chi connectivity index (χ4v) is 2.31. The Labute approximate surface area is 74.9 Å². The van der Waals surface area contributed by atoms with E-state index in [1.807, 2.05) is 0 Å². The van der Waals surface area contributed by atoms with Crippen molar-refractivity contribution in [1.29, 1.82) is 0 Å². The summed E-state index contributed by atoms with van der Waals surface area (Å²) in [6, 6.07) is 0. The smallest absolute Gasteiger partial charge is 0.0969 e. The molecule has 0 amide bonds. The third-order valence-electron chi connectivity index (χ3n) is 4.20. The van der Waals surface area contributed by atoms with Crippen LogP contribution in [0.25, 0.3) is 0 Å². The molecular weight excluding hydrogens is 152 g/mol. The van der Waals surface area contributed by atoms with Crippen LogP contribution in [0, 0.1) is 10.8 Å². The summed E-state index contributed by atoms with van der Waals surface area (Å²) in [5.41, 5.74) is 0.0196. The third-order valence-corrected chi connectivity index (χ3v) is 4.20. The van der Waals surface area contributed by atoms with Crippen molar-refractivity contribution in [1.82, 2.24) is 0 Å². The third kappa shape index (κ3) is 0.882. The molecule has 1 fully saturated rings. The van der Waals surface area contributed by atoms with Crippen LogP contribution in [0.5, 0.6) is 0 Å². The highest BCUT2D eigenvalue weighted by Gasteiger charge is 2.64. The molecule has 0 radical (unpaired) electrons. The molecule has 1 saturated carbocycles. The summed E-state index contributed by atoms with van der Waals surface area (Å²) in [6.07, 6.45) is 0.944. The van der Waals surface area contributed by atoms with E-state index < -0.39 is 0 Å². The first-order valence-corrected chi connectivity index (χ1v) is 4.49. The molecule has 0 spiro atoms. The van der Waals surface area contributed by atoms with Gasteiger partial charge >= 0.3 is 0 Å². The number of methoxy groups -OCH3 is 1. The highest BCUT2D eigenvalue weighted by molar-refractivity contribution is 5.14. The molecule has 0 heterocycles. The Bertz CT molecular complexity index is 178. The zero-order valence-corrected chi connectivity index (χ0v) is 8.77. The fourth-order valence-electron chi connectivity index (χ4n) is 2.31. The van der Waals surface area contributed by atoms with Crippen molar-refractivity contribution in [3.63, 3.8) is 0 Å². The molecule has 1 aliphatic carbocycles. The van der Waals surface area contributed by atoms with Crippen LogP contribution in [-0.2, 0) is 4.74 Å². The van der Waals surface area contributed by atoms with Crippen molar-refractivity contribution >= 4 is 0 Å². The van der Waals surface area contributed by atoms with Crippen molar-refractivity contribution in [2.24, 2.45) is 10.8 Å². The van der Waals surface area contributed by atoms with Gasteiger partial charge in [0.2, 0.25) is 0 Å². The molecule has 12 heavy (non-hydrogen) atoms. The summed E-state index contributed by atoms with van der Waals surface area (Å²) in [7, 11) is 1.69. The van der Waals surface area contributed by atoms with Crippen LogP contribution >= 0.6 is 0 Å². The number of aliphatic hydroxyl groups excluding tert-OH is 1. The average molecular weight is 172 g/mol. The Morgan fingerprint density at radius 2 is 1.75 bits per heavy atom. The van der Waals surface area contributed by atoms with Crippen LogP contribution in [0.2, 0.25) is 0 Å². The normalized spacial score (nSPS) is 37.5. The first-order chi connectivity index (χ1) is 5.33. The molecule has 1 unspecified atom stereocenters. The van der Waals surface area contributed by atoms with Gasteiger partial charge in [-0.2, -0.15) is 0 Å². The molecule has 0 bridgehead atoms. The van der Waals surface area contributed by atoms with Crippen molar-refractivity contribution in [2.75, 3.05) is 13.7 Å². The first kappa shape index (κ1) is 10.0. The van der Waals surface area contributed by atoms with E-state index in [4.69, 9.17) is 4.74 Å². The Kier molecular flexibility index (Phi) is 2.05. The molecule has 0 saturated heterocycles. The van der Waals surface area contributed by atoms with Crippen molar-refractivity contribution in [2.45, 2.75) is 39.7 Å². The van der Waals surface area contributed by atoms with E-state index in [9.17, 15) is 5.11 Å². The summed E-state index contributed by atoms with van der Waals surface area (Å²) in [5.74, 6) is 0. The Morgan fingerprint density at radius 1 is 1.25 bits per heavy atom. The van der Waals surface area contributed by atoms with Gasteiger partial charge in [-0.1, -0.05) is 27.7 Å². The van der Waals surface area contributed by atoms with E-state index >= 15 is 0 Å². The molecule has 0 aromatic rings. The standard InChI is InChI=1S/C10H20O2/c1-8(2)6-10(7-11,12-5)9(8,3)4/h11H,6-7H2,1-5H3. The van der Waals surface area contributed by atoms with Gasteiger partial charge in [0.15, 0.2) is 0 Å². The Balaban J connectivity index is 2.88. The van der Waals surface area contributed by atoms with Crippen molar-refractivity contribution in [3.8, 4) is 0 Å². The number of ether oxygens (including phenoxy) is 1. The van der Waals surface area contributed by atoms with Crippen LogP contribution in [0.3, 0.4) is 0 Å². The van der Waals surface area contributed by atoms with Gasteiger partial charge in [-0.25, -0.2) is 0 Å². The highest BCUT2D eigenvalue weighted by Crippen LogP contribution is 2.63. The van der Waals surface area contributed by atoms with Gasteiger partial charge in [-0.05, 0) is 11.8 Å². The van der Waals surface area contributed by atoms with Gasteiger partial charge in [0.25, 0.3) is 0 Å². The van der Waals surface area contributed by atoms with Crippen LogP contribution in [-0.4, -0.2) is 24.4 Å². The van der Waals surface area contributed by atoms with E-state index in [2.05, 4.69) is 27.7 Å². The lowest BCUT2D eigenvalue weighted by Gasteiger charge is -2.65. The molecule has 0 aliphatic heterocycles. The lowest BCUT2D eigenvalue weighted by Crippen LogP contribution is -2.68. The molecule has 1 N–H and O–H groups in total. The van der Waals surface area contributed by atoms with E-state index in [0.717, 1.165) is 6.42 Å². The second-order valence-electron chi connectivity index (χ2n) is 5.04.